The van der Waals surface area contributed by atoms with E-state index >= 15 is 0 Å². The van der Waals surface area contributed by atoms with E-state index < -0.39 is 12.1 Å². The van der Waals surface area contributed by atoms with Gasteiger partial charge in [0, 0.05) is 11.7 Å². The fraction of sp³-hybridized carbons (Fsp3) is 0.667. The van der Waals surface area contributed by atoms with Gasteiger partial charge in [-0.2, -0.15) is 13.2 Å². The van der Waals surface area contributed by atoms with Crippen molar-refractivity contribution < 1.29 is 13.2 Å². The molecule has 1 aliphatic carbocycles. The second-order valence-corrected chi connectivity index (χ2v) is 7.85. The van der Waals surface area contributed by atoms with Crippen LogP contribution in [0.25, 0.3) is 0 Å². The van der Waals surface area contributed by atoms with E-state index in [1.807, 2.05) is 0 Å². The number of hydrogen-bond donors (Lipinski definition) is 2. The Kier molecular flexibility index (Phi) is 7.95. The minimum Gasteiger partial charge on any atom is -0.360 e. The Bertz CT molecular complexity index is 618. The molecule has 2 unspecified atom stereocenters. The maximum absolute atomic E-state index is 13.0. The van der Waals surface area contributed by atoms with Crippen molar-refractivity contribution in [2.45, 2.75) is 84.4 Å². The zero-order chi connectivity index (χ0) is 20.0. The summed E-state index contributed by atoms with van der Waals surface area (Å²) in [6.45, 7) is 6.39. The van der Waals surface area contributed by atoms with Gasteiger partial charge < -0.3 is 10.6 Å². The molecule has 152 valence electrons. The van der Waals surface area contributed by atoms with Gasteiger partial charge in [-0.25, -0.2) is 0 Å². The highest BCUT2D eigenvalue weighted by Gasteiger charge is 2.42. The molecule has 0 aliphatic heterocycles. The Morgan fingerprint density at radius 3 is 2.26 bits per heavy atom. The molecule has 2 N–H and O–H groups in total. The molecule has 1 fully saturated rings. The van der Waals surface area contributed by atoms with E-state index in [0.717, 1.165) is 37.8 Å². The van der Waals surface area contributed by atoms with Crippen LogP contribution in [0, 0.1) is 5.92 Å². The van der Waals surface area contributed by atoms with Gasteiger partial charge in [-0.1, -0.05) is 45.7 Å². The van der Waals surface area contributed by atoms with Crippen LogP contribution in [0.5, 0.6) is 0 Å². The molecule has 2 atom stereocenters. The molecule has 0 heterocycles. The predicted molar refractivity (Wildman–Crippen MR) is 110 cm³/mol. The molecule has 27 heavy (non-hydrogen) atoms. The fourth-order valence-electron chi connectivity index (χ4n) is 3.94. The van der Waals surface area contributed by atoms with Crippen LogP contribution in [0.15, 0.2) is 12.1 Å². The highest BCUT2D eigenvalue weighted by molar-refractivity contribution is 7.80. The normalized spacial score (nSPS) is 20.4. The van der Waals surface area contributed by atoms with Gasteiger partial charge in [-0.05, 0) is 67.4 Å². The molecule has 6 heteroatoms. The van der Waals surface area contributed by atoms with Gasteiger partial charge >= 0.3 is 6.18 Å². The van der Waals surface area contributed by atoms with E-state index in [2.05, 4.69) is 43.5 Å². The van der Waals surface area contributed by atoms with Crippen molar-refractivity contribution in [3.63, 3.8) is 0 Å². The standard InChI is InChI=1S/C21H31F3N2S/c1-4-8-14-11-15(5-2)19(16(6-3)12-14)26-20(27)25-18-10-7-9-17(13-18)21(22,23)24/h11-12,17-18H,4-10,13H2,1-3H3,(H2,25,26,27). The van der Waals surface area contributed by atoms with E-state index in [-0.39, 0.29) is 18.9 Å². The number of nitrogens with one attached hydrogen (secondary N) is 2. The van der Waals surface area contributed by atoms with Crippen LogP contribution in [-0.2, 0) is 19.3 Å². The van der Waals surface area contributed by atoms with Gasteiger partial charge in [0.2, 0.25) is 0 Å². The Morgan fingerprint density at radius 1 is 1.11 bits per heavy atom. The first-order valence-corrected chi connectivity index (χ1v) is 10.5. The van der Waals surface area contributed by atoms with E-state index in [1.54, 1.807) is 0 Å². The van der Waals surface area contributed by atoms with Crippen molar-refractivity contribution in [3.05, 3.63) is 28.8 Å². The van der Waals surface area contributed by atoms with Crippen molar-refractivity contribution in [1.29, 1.82) is 0 Å². The maximum Gasteiger partial charge on any atom is 0.391 e. The lowest BCUT2D eigenvalue weighted by molar-refractivity contribution is -0.183. The van der Waals surface area contributed by atoms with Gasteiger partial charge in [0.05, 0.1) is 5.92 Å². The zero-order valence-corrected chi connectivity index (χ0v) is 17.3. The minimum atomic E-state index is -4.12. The highest BCUT2D eigenvalue weighted by Crippen LogP contribution is 2.37. The van der Waals surface area contributed by atoms with E-state index in [1.165, 1.54) is 16.7 Å². The molecule has 0 aromatic heterocycles. The molecular weight excluding hydrogens is 369 g/mol. The van der Waals surface area contributed by atoms with Gasteiger partial charge in [-0.3, -0.25) is 0 Å². The SMILES string of the molecule is CCCc1cc(CC)c(NC(=S)NC2CCCC(C(F)(F)F)C2)c(CC)c1. The molecule has 2 rings (SSSR count). The number of halogens is 3. The van der Waals surface area contributed by atoms with Gasteiger partial charge in [0.1, 0.15) is 0 Å². The molecule has 2 nitrogen and oxygen atoms in total. The lowest BCUT2D eigenvalue weighted by Gasteiger charge is -2.32. The Balaban J connectivity index is 2.08. The number of hydrogen-bond acceptors (Lipinski definition) is 1. The largest absolute Gasteiger partial charge is 0.391 e. The molecule has 1 aromatic rings. The molecule has 0 spiro atoms. The topological polar surface area (TPSA) is 24.1 Å². The van der Waals surface area contributed by atoms with Crippen molar-refractivity contribution in [3.8, 4) is 0 Å². The number of rotatable bonds is 6. The molecule has 1 saturated carbocycles. The molecule has 1 aromatic carbocycles. The average molecular weight is 401 g/mol. The van der Waals surface area contributed by atoms with Crippen LogP contribution in [0.1, 0.15) is 69.6 Å². The third kappa shape index (κ3) is 6.09. The van der Waals surface area contributed by atoms with Crippen LogP contribution in [0.4, 0.5) is 18.9 Å². The van der Waals surface area contributed by atoms with Crippen LogP contribution in [-0.4, -0.2) is 17.3 Å². The molecule has 1 aliphatic rings. The smallest absolute Gasteiger partial charge is 0.360 e. The average Bonchev–Trinajstić information content (AvgIpc) is 2.62. The summed E-state index contributed by atoms with van der Waals surface area (Å²) >= 11 is 5.44. The third-order valence-corrected chi connectivity index (χ3v) is 5.59. The van der Waals surface area contributed by atoms with Gasteiger partial charge in [-0.15, -0.1) is 0 Å². The molecule has 0 amide bonds. The minimum absolute atomic E-state index is 0.0992. The fourth-order valence-corrected chi connectivity index (χ4v) is 4.21. The maximum atomic E-state index is 13.0. The summed E-state index contributed by atoms with van der Waals surface area (Å²) in [5, 5.41) is 6.85. The van der Waals surface area contributed by atoms with Crippen molar-refractivity contribution in [1.82, 2.24) is 5.32 Å². The van der Waals surface area contributed by atoms with Crippen LogP contribution < -0.4 is 10.6 Å². The summed E-state index contributed by atoms with van der Waals surface area (Å²) in [7, 11) is 0. The monoisotopic (exact) mass is 400 g/mol. The molecular formula is C21H31F3N2S. The molecule has 0 radical (unpaired) electrons. The number of aryl methyl sites for hydroxylation is 3. The Hall–Kier alpha value is -1.30. The first-order valence-electron chi connectivity index (χ1n) is 10.1. The van der Waals surface area contributed by atoms with E-state index in [9.17, 15) is 13.2 Å². The van der Waals surface area contributed by atoms with Crippen molar-refractivity contribution >= 4 is 23.0 Å². The first-order chi connectivity index (χ1) is 12.8. The summed E-state index contributed by atoms with van der Waals surface area (Å²) in [6.07, 6.45) is 1.43. The quantitative estimate of drug-likeness (QED) is 0.558. The summed E-state index contributed by atoms with van der Waals surface area (Å²) in [5.74, 6) is -1.22. The second-order valence-electron chi connectivity index (χ2n) is 7.45. The summed E-state index contributed by atoms with van der Waals surface area (Å²) in [6, 6.07) is 4.21. The Labute approximate surface area is 166 Å². The lowest BCUT2D eigenvalue weighted by Crippen LogP contribution is -2.43. The van der Waals surface area contributed by atoms with Crippen LogP contribution in [0.3, 0.4) is 0 Å². The summed E-state index contributed by atoms with van der Waals surface area (Å²) < 4.78 is 39.1. The zero-order valence-electron chi connectivity index (χ0n) is 16.5. The van der Waals surface area contributed by atoms with Crippen LogP contribution >= 0.6 is 12.2 Å². The van der Waals surface area contributed by atoms with Crippen molar-refractivity contribution in [2.24, 2.45) is 5.92 Å². The third-order valence-electron chi connectivity index (χ3n) is 5.37. The highest BCUT2D eigenvalue weighted by atomic mass is 32.1. The molecule has 0 bridgehead atoms. The van der Waals surface area contributed by atoms with Crippen LogP contribution in [0.2, 0.25) is 0 Å². The molecule has 0 saturated heterocycles. The second kappa shape index (κ2) is 9.76. The first kappa shape index (κ1) is 22.0. The number of anilines is 1. The van der Waals surface area contributed by atoms with Gasteiger partial charge in [0.25, 0.3) is 0 Å². The Morgan fingerprint density at radius 2 is 1.74 bits per heavy atom. The van der Waals surface area contributed by atoms with Gasteiger partial charge in [0.15, 0.2) is 5.11 Å². The number of alkyl halides is 3. The lowest BCUT2D eigenvalue weighted by atomic mass is 9.85. The predicted octanol–water partition coefficient (Wildman–Crippen LogP) is 6.17. The number of thiocarbonyl (C=S) groups is 1. The number of benzene rings is 1. The summed E-state index contributed by atoms with van der Waals surface area (Å²) in [5.41, 5.74) is 4.76. The van der Waals surface area contributed by atoms with E-state index in [4.69, 9.17) is 12.2 Å². The van der Waals surface area contributed by atoms with E-state index in [0.29, 0.717) is 11.5 Å². The van der Waals surface area contributed by atoms with Crippen molar-refractivity contribution in [2.75, 3.05) is 5.32 Å². The summed E-state index contributed by atoms with van der Waals surface area (Å²) in [4.78, 5) is 0.